The SMILES string of the molecule is CCC(C)C(=O)Cn1cc(I)cn1. The standard InChI is InChI=1S/C9H13IN2O/c1-3-7(2)9(13)6-12-5-8(10)4-11-12/h4-5,7H,3,6H2,1-2H3. The predicted octanol–water partition coefficient (Wildman–Crippen LogP) is 2.10. The van der Waals surface area contributed by atoms with E-state index in [2.05, 4.69) is 27.7 Å². The molecule has 0 amide bonds. The molecule has 0 fully saturated rings. The summed E-state index contributed by atoms with van der Waals surface area (Å²) in [7, 11) is 0. The smallest absolute Gasteiger partial charge is 0.157 e. The van der Waals surface area contributed by atoms with Crippen LogP contribution in [0.5, 0.6) is 0 Å². The molecule has 1 aromatic rings. The fourth-order valence-electron chi connectivity index (χ4n) is 0.968. The normalized spacial score (nSPS) is 12.8. The van der Waals surface area contributed by atoms with Gasteiger partial charge in [0.25, 0.3) is 0 Å². The quantitative estimate of drug-likeness (QED) is 0.797. The predicted molar refractivity (Wildman–Crippen MR) is 59.4 cm³/mol. The first-order chi connectivity index (χ1) is 6.13. The largest absolute Gasteiger partial charge is 0.297 e. The summed E-state index contributed by atoms with van der Waals surface area (Å²) in [5.41, 5.74) is 0. The van der Waals surface area contributed by atoms with Crippen LogP contribution in [0.25, 0.3) is 0 Å². The Morgan fingerprint density at radius 2 is 2.46 bits per heavy atom. The zero-order chi connectivity index (χ0) is 9.84. The number of halogens is 1. The van der Waals surface area contributed by atoms with Crippen molar-refractivity contribution >= 4 is 28.4 Å². The lowest BCUT2D eigenvalue weighted by molar-refractivity contribution is -0.123. The van der Waals surface area contributed by atoms with Crippen molar-refractivity contribution in [3.8, 4) is 0 Å². The van der Waals surface area contributed by atoms with E-state index in [4.69, 9.17) is 0 Å². The number of carbonyl (C=O) groups excluding carboxylic acids is 1. The maximum absolute atomic E-state index is 11.5. The highest BCUT2D eigenvalue weighted by atomic mass is 127. The Labute approximate surface area is 91.7 Å². The number of aromatic nitrogens is 2. The lowest BCUT2D eigenvalue weighted by Crippen LogP contribution is -2.17. The highest BCUT2D eigenvalue weighted by Gasteiger charge is 2.11. The van der Waals surface area contributed by atoms with E-state index in [0.29, 0.717) is 6.54 Å². The Balaban J connectivity index is 2.54. The Bertz CT molecular complexity index is 296. The van der Waals surface area contributed by atoms with Crippen LogP contribution in [0.4, 0.5) is 0 Å². The van der Waals surface area contributed by atoms with Gasteiger partial charge in [0.15, 0.2) is 5.78 Å². The highest BCUT2D eigenvalue weighted by molar-refractivity contribution is 14.1. The highest BCUT2D eigenvalue weighted by Crippen LogP contribution is 2.06. The summed E-state index contributed by atoms with van der Waals surface area (Å²) >= 11 is 2.18. The van der Waals surface area contributed by atoms with Gasteiger partial charge in [0.05, 0.1) is 16.3 Å². The van der Waals surface area contributed by atoms with E-state index < -0.39 is 0 Å². The van der Waals surface area contributed by atoms with E-state index in [1.54, 1.807) is 10.9 Å². The first-order valence-electron chi connectivity index (χ1n) is 4.34. The molecule has 72 valence electrons. The van der Waals surface area contributed by atoms with Crippen molar-refractivity contribution < 1.29 is 4.79 Å². The molecule has 3 nitrogen and oxygen atoms in total. The minimum absolute atomic E-state index is 0.141. The molecular formula is C9H13IN2O. The molecule has 0 saturated heterocycles. The molecule has 0 aliphatic rings. The summed E-state index contributed by atoms with van der Waals surface area (Å²) in [5.74, 6) is 0.392. The Kier molecular flexibility index (Phi) is 3.90. The van der Waals surface area contributed by atoms with Crippen molar-refractivity contribution in [3.63, 3.8) is 0 Å². The topological polar surface area (TPSA) is 34.9 Å². The molecule has 1 rings (SSSR count). The van der Waals surface area contributed by atoms with Crippen LogP contribution >= 0.6 is 22.6 Å². The van der Waals surface area contributed by atoms with E-state index in [0.717, 1.165) is 9.99 Å². The number of nitrogens with zero attached hydrogens (tertiary/aromatic N) is 2. The molecule has 0 spiro atoms. The van der Waals surface area contributed by atoms with Gasteiger partial charge in [-0.1, -0.05) is 13.8 Å². The van der Waals surface area contributed by atoms with Crippen LogP contribution in [-0.4, -0.2) is 15.6 Å². The summed E-state index contributed by atoms with van der Waals surface area (Å²) < 4.78 is 2.76. The lowest BCUT2D eigenvalue weighted by atomic mass is 10.0. The second-order valence-electron chi connectivity index (χ2n) is 3.13. The maximum Gasteiger partial charge on any atom is 0.157 e. The van der Waals surface area contributed by atoms with Gasteiger partial charge in [0, 0.05) is 12.1 Å². The van der Waals surface area contributed by atoms with Crippen LogP contribution in [0.15, 0.2) is 12.4 Å². The third-order valence-corrected chi connectivity index (χ3v) is 2.64. The molecule has 0 saturated carbocycles. The molecule has 0 aromatic carbocycles. The third-order valence-electron chi connectivity index (χ3n) is 2.08. The van der Waals surface area contributed by atoms with E-state index in [-0.39, 0.29) is 11.7 Å². The second kappa shape index (κ2) is 4.74. The lowest BCUT2D eigenvalue weighted by Gasteiger charge is -2.06. The van der Waals surface area contributed by atoms with Crippen LogP contribution in [0, 0.1) is 9.49 Å². The minimum Gasteiger partial charge on any atom is -0.297 e. The zero-order valence-corrected chi connectivity index (χ0v) is 9.98. The Morgan fingerprint density at radius 1 is 1.77 bits per heavy atom. The molecule has 1 atom stereocenters. The van der Waals surface area contributed by atoms with Crippen molar-refractivity contribution in [2.24, 2.45) is 5.92 Å². The van der Waals surface area contributed by atoms with Gasteiger partial charge in [0.2, 0.25) is 0 Å². The summed E-state index contributed by atoms with van der Waals surface area (Å²) in [6.45, 7) is 4.38. The van der Waals surface area contributed by atoms with E-state index in [1.807, 2.05) is 20.0 Å². The average molecular weight is 292 g/mol. The number of ketones is 1. The van der Waals surface area contributed by atoms with E-state index >= 15 is 0 Å². The fourth-order valence-corrected chi connectivity index (χ4v) is 1.41. The summed E-state index contributed by atoms with van der Waals surface area (Å²) in [4.78, 5) is 11.5. The number of Topliss-reactive ketones (excluding diaryl/α,β-unsaturated/α-hetero) is 1. The zero-order valence-electron chi connectivity index (χ0n) is 7.83. The van der Waals surface area contributed by atoms with E-state index in [1.165, 1.54) is 0 Å². The van der Waals surface area contributed by atoms with E-state index in [9.17, 15) is 4.79 Å². The monoisotopic (exact) mass is 292 g/mol. The van der Waals surface area contributed by atoms with Gasteiger partial charge >= 0.3 is 0 Å². The van der Waals surface area contributed by atoms with Crippen LogP contribution in [0.3, 0.4) is 0 Å². The van der Waals surface area contributed by atoms with Crippen molar-refractivity contribution in [2.45, 2.75) is 26.8 Å². The van der Waals surface area contributed by atoms with Gasteiger partial charge in [0.1, 0.15) is 0 Å². The molecule has 4 heteroatoms. The molecule has 1 heterocycles. The average Bonchev–Trinajstić information content (AvgIpc) is 2.49. The first-order valence-corrected chi connectivity index (χ1v) is 5.42. The van der Waals surface area contributed by atoms with Crippen molar-refractivity contribution in [1.82, 2.24) is 9.78 Å². The number of hydrogen-bond donors (Lipinski definition) is 0. The van der Waals surface area contributed by atoms with Crippen molar-refractivity contribution in [1.29, 1.82) is 0 Å². The maximum atomic E-state index is 11.5. The Hall–Kier alpha value is -0.390. The second-order valence-corrected chi connectivity index (χ2v) is 4.38. The van der Waals surface area contributed by atoms with Gasteiger partial charge in [-0.2, -0.15) is 5.10 Å². The van der Waals surface area contributed by atoms with Gasteiger partial charge in [-0.05, 0) is 29.0 Å². The number of carbonyl (C=O) groups is 1. The third kappa shape index (κ3) is 3.10. The fraction of sp³-hybridized carbons (Fsp3) is 0.556. The minimum atomic E-state index is 0.141. The molecule has 13 heavy (non-hydrogen) atoms. The summed E-state index contributed by atoms with van der Waals surface area (Å²) in [5, 5.41) is 4.06. The van der Waals surface area contributed by atoms with Crippen LogP contribution < -0.4 is 0 Å². The van der Waals surface area contributed by atoms with Gasteiger partial charge in [-0.15, -0.1) is 0 Å². The molecule has 0 aliphatic heterocycles. The summed E-state index contributed by atoms with van der Waals surface area (Å²) in [6, 6.07) is 0. The first kappa shape index (κ1) is 10.7. The molecule has 0 N–H and O–H groups in total. The molecule has 0 bridgehead atoms. The van der Waals surface area contributed by atoms with Gasteiger partial charge in [-0.3, -0.25) is 9.48 Å². The molecule has 0 aliphatic carbocycles. The van der Waals surface area contributed by atoms with Crippen molar-refractivity contribution in [2.75, 3.05) is 0 Å². The van der Waals surface area contributed by atoms with Gasteiger partial charge in [-0.25, -0.2) is 0 Å². The molecule has 0 radical (unpaired) electrons. The van der Waals surface area contributed by atoms with Crippen LogP contribution in [-0.2, 0) is 11.3 Å². The molecule has 1 aromatic heterocycles. The molecule has 1 unspecified atom stereocenters. The van der Waals surface area contributed by atoms with Crippen LogP contribution in [0.1, 0.15) is 20.3 Å². The molecular weight excluding hydrogens is 279 g/mol. The van der Waals surface area contributed by atoms with Crippen molar-refractivity contribution in [3.05, 3.63) is 16.0 Å². The Morgan fingerprint density at radius 3 is 2.92 bits per heavy atom. The number of hydrogen-bond acceptors (Lipinski definition) is 2. The number of rotatable bonds is 4. The van der Waals surface area contributed by atoms with Crippen LogP contribution in [0.2, 0.25) is 0 Å². The van der Waals surface area contributed by atoms with Gasteiger partial charge < -0.3 is 0 Å². The summed E-state index contributed by atoms with van der Waals surface area (Å²) in [6.07, 6.45) is 4.53.